The third-order valence-electron chi connectivity index (χ3n) is 9.69. The van der Waals surface area contributed by atoms with Crippen LogP contribution in [0.15, 0.2) is 36.5 Å². The fourth-order valence-corrected chi connectivity index (χ4v) is 6.97. The Hall–Kier alpha value is -2.13. The van der Waals surface area contributed by atoms with E-state index in [-0.39, 0.29) is 19.4 Å². The quantitative estimate of drug-likeness (QED) is 0.0208. The summed E-state index contributed by atoms with van der Waals surface area (Å²) in [5, 5.41) is 30.8. The highest BCUT2D eigenvalue weighted by molar-refractivity contribution is 7.85. The Morgan fingerprint density at radius 2 is 1.09 bits per heavy atom. The number of esters is 2. The number of unbranched alkanes of at least 4 members (excludes halogenated alkanes) is 17. The van der Waals surface area contributed by atoms with Crippen molar-refractivity contribution in [1.29, 1.82) is 0 Å². The summed E-state index contributed by atoms with van der Waals surface area (Å²) in [5.41, 5.74) is 0. The number of carbonyl (C=O) groups excluding carboxylic acids is 2. The first-order chi connectivity index (χ1) is 27.0. The molecule has 12 nitrogen and oxygen atoms in total. The van der Waals surface area contributed by atoms with Crippen LogP contribution in [0.3, 0.4) is 0 Å². The van der Waals surface area contributed by atoms with Gasteiger partial charge in [0, 0.05) is 12.8 Å². The van der Waals surface area contributed by atoms with Crippen LogP contribution in [-0.4, -0.2) is 96.0 Å². The van der Waals surface area contributed by atoms with E-state index in [1.807, 2.05) is 0 Å². The molecule has 0 bridgehead atoms. The lowest BCUT2D eigenvalue weighted by Gasteiger charge is -2.40. The summed E-state index contributed by atoms with van der Waals surface area (Å²) in [6, 6.07) is 0. The standard InChI is InChI=1S/C43H76O12S/c1-3-5-7-9-11-13-15-17-19-21-23-25-27-29-31-38(44)52-33-36(34-53-43-42(48)41(47)40(46)37(55-43)35-56(49,50)51)54-39(45)32-30-28-26-24-22-20-18-16-14-12-10-8-6-4-2/h10,12,15-18,36-37,40-43,46-48H,3-9,11,13-14,19-35H2,1-2H3,(H,49,50,51)/b12-10-,17-15-,18-16-. The van der Waals surface area contributed by atoms with Gasteiger partial charge in [-0.3, -0.25) is 14.1 Å². The molecule has 1 fully saturated rings. The molecule has 0 amide bonds. The van der Waals surface area contributed by atoms with Crippen molar-refractivity contribution < 1.29 is 56.8 Å². The Labute approximate surface area is 338 Å². The normalized spacial score (nSPS) is 21.0. The summed E-state index contributed by atoms with van der Waals surface area (Å²) in [6.07, 6.45) is 27.6. The molecule has 0 aromatic rings. The molecular formula is C43H76O12S. The van der Waals surface area contributed by atoms with Gasteiger partial charge < -0.3 is 34.3 Å². The van der Waals surface area contributed by atoms with E-state index < -0.39 is 71.2 Å². The molecule has 13 heteroatoms. The Kier molecular flexibility index (Phi) is 31.3. The molecule has 1 saturated heterocycles. The third kappa shape index (κ3) is 28.3. The van der Waals surface area contributed by atoms with Gasteiger partial charge in [0.1, 0.15) is 36.8 Å². The maximum absolute atomic E-state index is 12.8. The molecule has 1 heterocycles. The van der Waals surface area contributed by atoms with E-state index in [4.69, 9.17) is 18.9 Å². The minimum atomic E-state index is -4.60. The predicted octanol–water partition coefficient (Wildman–Crippen LogP) is 8.22. The highest BCUT2D eigenvalue weighted by Gasteiger charge is 2.46. The van der Waals surface area contributed by atoms with Crippen molar-refractivity contribution in [3.05, 3.63) is 36.5 Å². The molecule has 6 unspecified atom stereocenters. The first-order valence-corrected chi connectivity index (χ1v) is 23.2. The Balaban J connectivity index is 2.49. The zero-order valence-electron chi connectivity index (χ0n) is 34.5. The van der Waals surface area contributed by atoms with Gasteiger partial charge in [-0.15, -0.1) is 0 Å². The molecule has 0 saturated carbocycles. The van der Waals surface area contributed by atoms with Crippen molar-refractivity contribution in [2.75, 3.05) is 19.0 Å². The first kappa shape index (κ1) is 51.9. The van der Waals surface area contributed by atoms with Crippen LogP contribution >= 0.6 is 0 Å². The summed E-state index contributed by atoms with van der Waals surface area (Å²) < 4.78 is 53.9. The zero-order chi connectivity index (χ0) is 41.3. The number of aliphatic hydroxyl groups excluding tert-OH is 3. The van der Waals surface area contributed by atoms with E-state index in [0.29, 0.717) is 12.8 Å². The van der Waals surface area contributed by atoms with Crippen LogP contribution in [0, 0.1) is 0 Å². The fourth-order valence-electron chi connectivity index (χ4n) is 6.27. The van der Waals surface area contributed by atoms with Crippen LogP contribution in [0.5, 0.6) is 0 Å². The molecule has 6 atom stereocenters. The molecular weight excluding hydrogens is 741 g/mol. The van der Waals surface area contributed by atoms with Crippen molar-refractivity contribution in [2.24, 2.45) is 0 Å². The first-order valence-electron chi connectivity index (χ1n) is 21.5. The molecule has 1 aliphatic rings. The SMILES string of the molecule is CCCC/C=C\C/C=C\CCCCCCCC(=O)OC(COC(=O)CCCCCCC/C=C\CCCCCCC)COC1OC(CS(=O)(=O)O)C(O)C(O)C1O. The summed E-state index contributed by atoms with van der Waals surface area (Å²) in [7, 11) is -4.60. The monoisotopic (exact) mass is 817 g/mol. The Bertz CT molecular complexity index is 1190. The predicted molar refractivity (Wildman–Crippen MR) is 219 cm³/mol. The molecule has 56 heavy (non-hydrogen) atoms. The molecule has 4 N–H and O–H groups in total. The topological polar surface area (TPSA) is 186 Å². The molecule has 326 valence electrons. The van der Waals surface area contributed by atoms with Gasteiger partial charge in [-0.2, -0.15) is 8.42 Å². The molecule has 1 rings (SSSR count). The van der Waals surface area contributed by atoms with Crippen molar-refractivity contribution in [1.82, 2.24) is 0 Å². The number of hydrogen-bond acceptors (Lipinski definition) is 11. The lowest BCUT2D eigenvalue weighted by molar-refractivity contribution is -0.297. The van der Waals surface area contributed by atoms with Crippen LogP contribution in [0.25, 0.3) is 0 Å². The molecule has 0 aromatic heterocycles. The van der Waals surface area contributed by atoms with E-state index in [1.165, 1.54) is 44.9 Å². The maximum Gasteiger partial charge on any atom is 0.306 e. The summed E-state index contributed by atoms with van der Waals surface area (Å²) in [5.74, 6) is -2.01. The van der Waals surface area contributed by atoms with Crippen LogP contribution in [0.2, 0.25) is 0 Å². The van der Waals surface area contributed by atoms with Crippen LogP contribution < -0.4 is 0 Å². The number of ether oxygens (including phenoxy) is 4. The highest BCUT2D eigenvalue weighted by Crippen LogP contribution is 2.24. The van der Waals surface area contributed by atoms with Crippen molar-refractivity contribution in [3.63, 3.8) is 0 Å². The van der Waals surface area contributed by atoms with Crippen molar-refractivity contribution >= 4 is 22.1 Å². The highest BCUT2D eigenvalue weighted by atomic mass is 32.2. The van der Waals surface area contributed by atoms with Crippen molar-refractivity contribution in [2.45, 2.75) is 205 Å². The second-order valence-electron chi connectivity index (χ2n) is 15.0. The summed E-state index contributed by atoms with van der Waals surface area (Å²) in [6.45, 7) is 3.68. The molecule has 0 spiro atoms. The Morgan fingerprint density at radius 3 is 1.64 bits per heavy atom. The van der Waals surface area contributed by atoms with Crippen LogP contribution in [0.4, 0.5) is 0 Å². The smallest absolute Gasteiger partial charge is 0.306 e. The van der Waals surface area contributed by atoms with Gasteiger partial charge in [0.15, 0.2) is 12.4 Å². The van der Waals surface area contributed by atoms with Gasteiger partial charge in [0.2, 0.25) is 0 Å². The molecule has 0 radical (unpaired) electrons. The van der Waals surface area contributed by atoms with E-state index in [9.17, 15) is 37.9 Å². The Morgan fingerprint density at radius 1 is 0.607 bits per heavy atom. The number of rotatable bonds is 35. The minimum absolute atomic E-state index is 0.146. The van der Waals surface area contributed by atoms with Crippen LogP contribution in [0.1, 0.15) is 168 Å². The average molecular weight is 817 g/mol. The molecule has 1 aliphatic heterocycles. The number of carbonyl (C=O) groups is 2. The van der Waals surface area contributed by atoms with E-state index in [0.717, 1.165) is 83.5 Å². The average Bonchev–Trinajstić information content (AvgIpc) is 3.16. The van der Waals surface area contributed by atoms with Gasteiger partial charge in [0.05, 0.1) is 6.61 Å². The van der Waals surface area contributed by atoms with E-state index in [1.54, 1.807) is 0 Å². The minimum Gasteiger partial charge on any atom is -0.462 e. The van der Waals surface area contributed by atoms with Gasteiger partial charge >= 0.3 is 11.9 Å². The molecule has 0 aliphatic carbocycles. The number of allylic oxidation sites excluding steroid dienone is 6. The fraction of sp³-hybridized carbons (Fsp3) is 0.814. The van der Waals surface area contributed by atoms with Gasteiger partial charge in [0.25, 0.3) is 10.1 Å². The maximum atomic E-state index is 12.8. The molecule has 0 aromatic carbocycles. The lowest BCUT2D eigenvalue weighted by atomic mass is 10.00. The van der Waals surface area contributed by atoms with E-state index >= 15 is 0 Å². The number of hydrogen-bond donors (Lipinski definition) is 4. The second kappa shape index (κ2) is 33.8. The largest absolute Gasteiger partial charge is 0.462 e. The third-order valence-corrected chi connectivity index (χ3v) is 10.4. The van der Waals surface area contributed by atoms with Gasteiger partial charge in [-0.25, -0.2) is 0 Å². The van der Waals surface area contributed by atoms with Crippen molar-refractivity contribution in [3.8, 4) is 0 Å². The van der Waals surface area contributed by atoms with Gasteiger partial charge in [-0.05, 0) is 64.2 Å². The van der Waals surface area contributed by atoms with Gasteiger partial charge in [-0.1, -0.05) is 127 Å². The summed E-state index contributed by atoms with van der Waals surface area (Å²) in [4.78, 5) is 25.3. The van der Waals surface area contributed by atoms with Crippen LogP contribution in [-0.2, 0) is 38.7 Å². The lowest BCUT2D eigenvalue weighted by Crippen LogP contribution is -2.60. The second-order valence-corrected chi connectivity index (χ2v) is 16.5. The zero-order valence-corrected chi connectivity index (χ0v) is 35.3. The van der Waals surface area contributed by atoms with E-state index in [2.05, 4.69) is 50.3 Å². The summed E-state index contributed by atoms with van der Waals surface area (Å²) >= 11 is 0. The number of aliphatic hydroxyl groups is 3.